The van der Waals surface area contributed by atoms with Crippen LogP contribution in [0.1, 0.15) is 45.4 Å². The van der Waals surface area contributed by atoms with Gasteiger partial charge in [0.1, 0.15) is 11.8 Å². The van der Waals surface area contributed by atoms with E-state index < -0.39 is 0 Å². The van der Waals surface area contributed by atoms with Gasteiger partial charge in [-0.1, -0.05) is 6.92 Å². The molecule has 15 heavy (non-hydrogen) atoms. The molecule has 7 aliphatic rings. The van der Waals surface area contributed by atoms with Crippen LogP contribution in [0, 0.1) is 46.8 Å². The van der Waals surface area contributed by atoms with Crippen LogP contribution in [0.5, 0.6) is 0 Å². The molecule has 4 unspecified atom stereocenters. The molecule has 0 heteroatoms. The molecule has 0 spiro atoms. The van der Waals surface area contributed by atoms with Crippen molar-refractivity contribution in [2.45, 2.75) is 45.4 Å². The molecule has 0 aromatic heterocycles. The van der Waals surface area contributed by atoms with Gasteiger partial charge < -0.3 is 0 Å². The van der Waals surface area contributed by atoms with E-state index in [1.807, 2.05) is 0 Å². The first-order chi connectivity index (χ1) is 7.23. The highest BCUT2D eigenvalue weighted by Crippen LogP contribution is 2.74. The van der Waals surface area contributed by atoms with Gasteiger partial charge in [0.15, 0.2) is 0 Å². The van der Waals surface area contributed by atoms with Gasteiger partial charge in [-0.3, -0.25) is 0 Å². The number of rotatable bonds is 0. The molecule has 0 aliphatic heterocycles. The monoisotopic (exact) mass is 201 g/mol. The van der Waals surface area contributed by atoms with Crippen LogP contribution in [0.2, 0.25) is 0 Å². The van der Waals surface area contributed by atoms with Crippen molar-refractivity contribution in [2.24, 2.45) is 40.9 Å². The molecule has 0 aromatic rings. The lowest BCUT2D eigenvalue weighted by Crippen LogP contribution is -2.63. The zero-order chi connectivity index (χ0) is 9.78. The molecule has 7 aliphatic carbocycles. The Hall–Kier alpha value is -0.130. The van der Waals surface area contributed by atoms with E-state index in [0.29, 0.717) is 0 Å². The molecule has 0 amide bonds. The van der Waals surface area contributed by atoms with E-state index in [1.165, 1.54) is 12.3 Å². The third-order valence-electron chi connectivity index (χ3n) is 6.95. The Morgan fingerprint density at radius 1 is 0.933 bits per heavy atom. The van der Waals surface area contributed by atoms with E-state index in [2.05, 4.69) is 12.8 Å². The van der Waals surface area contributed by atoms with E-state index in [4.69, 9.17) is 0 Å². The average Bonchev–Trinajstić information content (AvgIpc) is 2.23. The quantitative estimate of drug-likeness (QED) is 0.525. The maximum absolute atomic E-state index is 2.59. The van der Waals surface area contributed by atoms with Gasteiger partial charge in [0.25, 0.3) is 0 Å². The lowest BCUT2D eigenvalue weighted by molar-refractivity contribution is -0.168. The third-order valence-corrected chi connectivity index (χ3v) is 6.95. The molecule has 0 aromatic carbocycles. The molecule has 7 rings (SSSR count). The minimum Gasteiger partial charge on any atom is -0.0555 e. The van der Waals surface area contributed by atoms with Crippen LogP contribution in [-0.4, -0.2) is 0 Å². The molecule has 0 heterocycles. The molecular weight excluding hydrogens is 180 g/mol. The summed E-state index contributed by atoms with van der Waals surface area (Å²) in [5.74, 6) is 8.98. The maximum Gasteiger partial charge on any atom is 0.104 e. The third kappa shape index (κ3) is 0.755. The topological polar surface area (TPSA) is 0 Å². The fourth-order valence-corrected chi connectivity index (χ4v) is 6.84. The second-order valence-corrected chi connectivity index (χ2v) is 7.75. The summed E-state index contributed by atoms with van der Waals surface area (Å²) in [4.78, 5) is 0. The molecule has 80 valence electrons. The first kappa shape index (κ1) is 8.03. The van der Waals surface area contributed by atoms with Gasteiger partial charge in [0.05, 0.1) is 12.3 Å². The summed E-state index contributed by atoms with van der Waals surface area (Å²) in [6, 6.07) is 0. The minimum absolute atomic E-state index is 0.762. The van der Waals surface area contributed by atoms with Crippen LogP contribution in [-0.2, 0) is 0 Å². The predicted molar refractivity (Wildman–Crippen MR) is 60.0 cm³/mol. The fraction of sp³-hybridized carbons (Fsp3) is 0.933. The maximum atomic E-state index is 2.59. The van der Waals surface area contributed by atoms with Crippen molar-refractivity contribution < 1.29 is 0 Å². The minimum atomic E-state index is 0.762. The van der Waals surface area contributed by atoms with Gasteiger partial charge in [0.2, 0.25) is 0 Å². The Labute approximate surface area is 92.8 Å². The van der Waals surface area contributed by atoms with Crippen molar-refractivity contribution in [2.75, 3.05) is 0 Å². The van der Waals surface area contributed by atoms with Gasteiger partial charge in [0, 0.05) is 17.3 Å². The molecule has 7 fully saturated rings. The smallest absolute Gasteiger partial charge is 0.0555 e. The van der Waals surface area contributed by atoms with Gasteiger partial charge in [-0.15, -0.1) is 0 Å². The Morgan fingerprint density at radius 3 is 2.27 bits per heavy atom. The zero-order valence-corrected chi connectivity index (χ0v) is 9.71. The Morgan fingerprint density at radius 2 is 1.60 bits per heavy atom. The summed E-state index contributed by atoms with van der Waals surface area (Å²) in [5, 5.41) is 0. The highest BCUT2D eigenvalue weighted by atomic mass is 14.7. The molecule has 0 nitrogen and oxygen atoms in total. The van der Waals surface area contributed by atoms with Crippen LogP contribution in [0.3, 0.4) is 0 Å². The Bertz CT molecular complexity index is 269. The summed E-state index contributed by atoms with van der Waals surface area (Å²) in [5.41, 5.74) is 0.762. The molecular formula is C15H21+. The summed E-state index contributed by atoms with van der Waals surface area (Å²) in [6.45, 7) is 2.59. The molecule has 8 bridgehead atoms. The van der Waals surface area contributed by atoms with Crippen molar-refractivity contribution in [1.29, 1.82) is 0 Å². The van der Waals surface area contributed by atoms with Gasteiger partial charge in [-0.2, -0.15) is 0 Å². The van der Waals surface area contributed by atoms with Crippen LogP contribution < -0.4 is 0 Å². The van der Waals surface area contributed by atoms with Crippen molar-refractivity contribution in [3.63, 3.8) is 0 Å². The van der Waals surface area contributed by atoms with Crippen molar-refractivity contribution in [3.8, 4) is 0 Å². The lowest BCUT2D eigenvalue weighted by Gasteiger charge is -2.66. The molecule has 0 saturated heterocycles. The normalized spacial score (nSPS) is 68.2. The number of hydrogen-bond donors (Lipinski definition) is 0. The summed E-state index contributed by atoms with van der Waals surface area (Å²) in [6.07, 6.45) is 9.58. The summed E-state index contributed by atoms with van der Waals surface area (Å²) in [7, 11) is 0. The zero-order valence-electron chi connectivity index (χ0n) is 9.71. The van der Waals surface area contributed by atoms with Crippen LogP contribution in [0.4, 0.5) is 0 Å². The molecule has 7 saturated carbocycles. The van der Waals surface area contributed by atoms with E-state index in [-0.39, 0.29) is 0 Å². The molecule has 0 N–H and O–H groups in total. The molecule has 0 radical (unpaired) electrons. The van der Waals surface area contributed by atoms with Crippen LogP contribution >= 0.6 is 0 Å². The molecule has 4 atom stereocenters. The second-order valence-electron chi connectivity index (χ2n) is 7.75. The summed E-state index contributed by atoms with van der Waals surface area (Å²) < 4.78 is 0. The van der Waals surface area contributed by atoms with Gasteiger partial charge in [-0.25, -0.2) is 0 Å². The van der Waals surface area contributed by atoms with Gasteiger partial charge in [-0.05, 0) is 43.9 Å². The SMILES string of the molecule is CC12C[C+]3C4CC5CC3C(C1)C(C5)C4C2. The standard InChI is InChI=1S/C15H21/c1-15-5-12-9-2-8-3-10(12)14(7-15)11(4-8)13(9)6-15/h8-13H,2-7H2,1H3/q+1. The van der Waals surface area contributed by atoms with E-state index >= 15 is 0 Å². The highest BCUT2D eigenvalue weighted by Gasteiger charge is 2.72. The average molecular weight is 201 g/mol. The van der Waals surface area contributed by atoms with Crippen LogP contribution in [0.25, 0.3) is 0 Å². The van der Waals surface area contributed by atoms with Crippen LogP contribution in [0.15, 0.2) is 0 Å². The first-order valence-corrected chi connectivity index (χ1v) is 7.09. The Kier molecular flexibility index (Phi) is 1.14. The van der Waals surface area contributed by atoms with Crippen molar-refractivity contribution in [1.82, 2.24) is 0 Å². The summed E-state index contributed by atoms with van der Waals surface area (Å²) >= 11 is 0. The fourth-order valence-electron chi connectivity index (χ4n) is 6.84. The van der Waals surface area contributed by atoms with Crippen molar-refractivity contribution in [3.05, 3.63) is 5.92 Å². The number of hydrogen-bond acceptors (Lipinski definition) is 0. The van der Waals surface area contributed by atoms with E-state index in [9.17, 15) is 0 Å². The van der Waals surface area contributed by atoms with Crippen molar-refractivity contribution >= 4 is 0 Å². The lowest BCUT2D eigenvalue weighted by atomic mass is 9.33. The van der Waals surface area contributed by atoms with Gasteiger partial charge >= 0.3 is 0 Å². The highest BCUT2D eigenvalue weighted by molar-refractivity contribution is 5.26. The largest absolute Gasteiger partial charge is 0.104 e. The second kappa shape index (κ2) is 2.13. The van der Waals surface area contributed by atoms with E-state index in [0.717, 1.165) is 35.0 Å². The van der Waals surface area contributed by atoms with E-state index in [1.54, 1.807) is 32.1 Å². The Balaban J connectivity index is 1.69. The predicted octanol–water partition coefficient (Wildman–Crippen LogP) is 3.67. The first-order valence-electron chi connectivity index (χ1n) is 7.09.